The number of rotatable bonds is 82. The summed E-state index contributed by atoms with van der Waals surface area (Å²) in [7, 11) is -9.92. The highest BCUT2D eigenvalue weighted by Crippen LogP contribution is 2.45. The van der Waals surface area contributed by atoms with Gasteiger partial charge in [-0.15, -0.1) is 0 Å². The van der Waals surface area contributed by atoms with Crippen LogP contribution in [0.3, 0.4) is 0 Å². The van der Waals surface area contributed by atoms with E-state index in [0.717, 1.165) is 102 Å². The van der Waals surface area contributed by atoms with Gasteiger partial charge in [-0.25, -0.2) is 9.13 Å². The smallest absolute Gasteiger partial charge is 0.462 e. The average Bonchev–Trinajstić information content (AvgIpc) is 0.990. The van der Waals surface area contributed by atoms with E-state index in [4.69, 9.17) is 37.0 Å². The number of carbonyl (C=O) groups is 4. The van der Waals surface area contributed by atoms with E-state index >= 15 is 0 Å². The Labute approximate surface area is 626 Å². The Morgan fingerprint density at radius 2 is 0.451 bits per heavy atom. The fraction of sp³-hybridized carbons (Fsp3) is 0.952. The molecule has 0 aliphatic carbocycles. The lowest BCUT2D eigenvalue weighted by Gasteiger charge is -2.21. The molecule has 17 nitrogen and oxygen atoms in total. The molecule has 0 aromatic heterocycles. The van der Waals surface area contributed by atoms with Crippen LogP contribution in [-0.2, 0) is 65.4 Å². The molecule has 0 saturated heterocycles. The molecule has 0 saturated carbocycles. The lowest BCUT2D eigenvalue weighted by Crippen LogP contribution is -2.30. The second-order valence-corrected chi connectivity index (χ2v) is 33.7. The summed E-state index contributed by atoms with van der Waals surface area (Å²) in [4.78, 5) is 73.0. The number of phosphoric ester groups is 2. The van der Waals surface area contributed by atoms with Gasteiger partial charge in [0, 0.05) is 25.7 Å². The Kier molecular flexibility index (Phi) is 73.1. The predicted octanol–water partition coefficient (Wildman–Crippen LogP) is 25.1. The SMILES string of the molecule is CCCCCCCCCCCCCCCCCCCCCCC(=O)O[C@H](COC(=O)CCCCCCCCCCCCCCCCCCC(C)C)COP(=O)(O)OC[C@@H](O)COP(=O)(O)OC[C@@H](COC(=O)CCCCCCCCC(C)C)OC(=O)CCCCCCCCCCCCCCCC. The van der Waals surface area contributed by atoms with Crippen LogP contribution in [0.15, 0.2) is 0 Å². The molecule has 0 rings (SSSR count). The molecule has 102 heavy (non-hydrogen) atoms. The van der Waals surface area contributed by atoms with Crippen molar-refractivity contribution in [1.82, 2.24) is 0 Å². The zero-order chi connectivity index (χ0) is 74.9. The highest BCUT2D eigenvalue weighted by Gasteiger charge is 2.30. The number of carbonyl (C=O) groups excluding carboxylic acids is 4. The molecule has 0 aromatic carbocycles. The van der Waals surface area contributed by atoms with Gasteiger partial charge < -0.3 is 33.8 Å². The maximum atomic E-state index is 13.1. The second kappa shape index (κ2) is 74.5. The topological polar surface area (TPSA) is 237 Å². The summed E-state index contributed by atoms with van der Waals surface area (Å²) in [5, 5.41) is 10.6. The van der Waals surface area contributed by atoms with Gasteiger partial charge in [-0.2, -0.15) is 0 Å². The molecule has 0 aliphatic rings. The van der Waals surface area contributed by atoms with Gasteiger partial charge in [0.05, 0.1) is 26.4 Å². The van der Waals surface area contributed by atoms with Crippen LogP contribution >= 0.6 is 15.6 Å². The normalized spacial score (nSPS) is 13.9. The minimum absolute atomic E-state index is 0.107. The average molecular weight is 1490 g/mol. The summed E-state index contributed by atoms with van der Waals surface area (Å²) in [6.07, 6.45) is 65.5. The number of hydrogen-bond donors (Lipinski definition) is 3. The molecule has 0 radical (unpaired) electrons. The van der Waals surface area contributed by atoms with Crippen molar-refractivity contribution >= 4 is 39.5 Å². The van der Waals surface area contributed by atoms with Crippen LogP contribution in [-0.4, -0.2) is 96.7 Å². The van der Waals surface area contributed by atoms with Crippen LogP contribution in [0.2, 0.25) is 0 Å². The van der Waals surface area contributed by atoms with Crippen molar-refractivity contribution in [2.45, 2.75) is 458 Å². The molecule has 0 spiro atoms. The van der Waals surface area contributed by atoms with Crippen molar-refractivity contribution in [1.29, 1.82) is 0 Å². The Balaban J connectivity index is 5.21. The van der Waals surface area contributed by atoms with Crippen molar-refractivity contribution in [3.05, 3.63) is 0 Å². The van der Waals surface area contributed by atoms with Crippen LogP contribution < -0.4 is 0 Å². The number of ether oxygens (including phenoxy) is 4. The minimum atomic E-state index is -4.96. The van der Waals surface area contributed by atoms with Crippen molar-refractivity contribution in [2.75, 3.05) is 39.6 Å². The van der Waals surface area contributed by atoms with Crippen molar-refractivity contribution in [2.24, 2.45) is 11.8 Å². The third-order valence-corrected chi connectivity index (χ3v) is 21.4. The maximum Gasteiger partial charge on any atom is 0.472 e. The Morgan fingerprint density at radius 3 is 0.667 bits per heavy atom. The summed E-state index contributed by atoms with van der Waals surface area (Å²) in [6, 6.07) is 0. The molecule has 0 heterocycles. The van der Waals surface area contributed by atoms with E-state index < -0.39 is 97.5 Å². The predicted molar refractivity (Wildman–Crippen MR) is 418 cm³/mol. The van der Waals surface area contributed by atoms with E-state index in [1.165, 1.54) is 250 Å². The second-order valence-electron chi connectivity index (χ2n) is 30.8. The maximum absolute atomic E-state index is 13.1. The van der Waals surface area contributed by atoms with Crippen LogP contribution in [0, 0.1) is 11.8 Å². The molecular weight excluding hydrogens is 1330 g/mol. The standard InChI is InChI=1S/C83H162O17P2/c1-7-9-11-13-15-17-19-21-23-24-25-26-27-32-36-40-44-48-56-62-68-82(87)99-78(71-93-80(85)65-59-53-46-42-38-35-31-29-28-30-33-37-41-45-51-57-63-75(3)4)73-97-101(89,90)95-69-77(84)70-96-102(91,92)98-74-79(72-94-81(86)66-60-54-50-49-52-58-64-76(5)6)100-83(88)67-61-55-47-43-39-34-22-20-18-16-14-12-10-8-2/h75-79,84H,7-74H2,1-6H3,(H,89,90)(H,91,92)/t77-,78-,79-/m1/s1. The van der Waals surface area contributed by atoms with Gasteiger partial charge in [0.2, 0.25) is 0 Å². The molecule has 0 amide bonds. The molecular formula is C83H162O17P2. The molecule has 5 atom stereocenters. The van der Waals surface area contributed by atoms with E-state index in [-0.39, 0.29) is 25.7 Å². The van der Waals surface area contributed by atoms with Crippen LogP contribution in [0.5, 0.6) is 0 Å². The third-order valence-electron chi connectivity index (χ3n) is 19.5. The fourth-order valence-electron chi connectivity index (χ4n) is 12.9. The van der Waals surface area contributed by atoms with Gasteiger partial charge in [-0.1, -0.05) is 388 Å². The number of aliphatic hydroxyl groups is 1. The number of esters is 4. The van der Waals surface area contributed by atoms with Crippen LogP contribution in [0.25, 0.3) is 0 Å². The fourth-order valence-corrected chi connectivity index (χ4v) is 14.5. The summed E-state index contributed by atoms with van der Waals surface area (Å²) in [5.41, 5.74) is 0. The zero-order valence-electron chi connectivity index (χ0n) is 66.9. The first-order valence-corrected chi connectivity index (χ1v) is 46.0. The minimum Gasteiger partial charge on any atom is -0.462 e. The van der Waals surface area contributed by atoms with Crippen molar-refractivity contribution in [3.63, 3.8) is 0 Å². The van der Waals surface area contributed by atoms with Crippen LogP contribution in [0.1, 0.15) is 440 Å². The monoisotopic (exact) mass is 1490 g/mol. The number of hydrogen-bond acceptors (Lipinski definition) is 15. The largest absolute Gasteiger partial charge is 0.472 e. The summed E-state index contributed by atoms with van der Waals surface area (Å²) >= 11 is 0. The summed E-state index contributed by atoms with van der Waals surface area (Å²) in [5.74, 6) is -0.616. The lowest BCUT2D eigenvalue weighted by molar-refractivity contribution is -0.161. The molecule has 0 fully saturated rings. The third kappa shape index (κ3) is 76.3. The quantitative estimate of drug-likeness (QED) is 0.0222. The summed E-state index contributed by atoms with van der Waals surface area (Å²) < 4.78 is 68.7. The van der Waals surface area contributed by atoms with Crippen molar-refractivity contribution in [3.8, 4) is 0 Å². The molecule has 0 aromatic rings. The van der Waals surface area contributed by atoms with E-state index in [2.05, 4.69) is 41.5 Å². The first kappa shape index (κ1) is 100. The van der Waals surface area contributed by atoms with Gasteiger partial charge in [-0.3, -0.25) is 37.3 Å². The first-order chi connectivity index (χ1) is 49.4. The summed E-state index contributed by atoms with van der Waals surface area (Å²) in [6.45, 7) is 9.60. The van der Waals surface area contributed by atoms with Gasteiger partial charge >= 0.3 is 39.5 Å². The number of aliphatic hydroxyl groups excluding tert-OH is 1. The number of phosphoric acid groups is 2. The highest BCUT2D eigenvalue weighted by molar-refractivity contribution is 7.47. The molecule has 2 unspecified atom stereocenters. The first-order valence-electron chi connectivity index (χ1n) is 43.0. The number of unbranched alkanes of at least 4 members (excludes halogenated alkanes) is 52. The molecule has 19 heteroatoms. The Hall–Kier alpha value is -1.94. The molecule has 606 valence electrons. The van der Waals surface area contributed by atoms with Gasteiger partial charge in [0.15, 0.2) is 12.2 Å². The van der Waals surface area contributed by atoms with E-state index in [1.807, 2.05) is 0 Å². The van der Waals surface area contributed by atoms with E-state index in [1.54, 1.807) is 0 Å². The zero-order valence-corrected chi connectivity index (χ0v) is 68.7. The van der Waals surface area contributed by atoms with Crippen molar-refractivity contribution < 1.29 is 80.2 Å². The van der Waals surface area contributed by atoms with Gasteiger partial charge in [0.25, 0.3) is 0 Å². The van der Waals surface area contributed by atoms with E-state index in [0.29, 0.717) is 31.6 Å². The van der Waals surface area contributed by atoms with Gasteiger partial charge in [0.1, 0.15) is 19.3 Å². The Morgan fingerprint density at radius 1 is 0.265 bits per heavy atom. The lowest BCUT2D eigenvalue weighted by atomic mass is 10.0. The van der Waals surface area contributed by atoms with Gasteiger partial charge in [-0.05, 0) is 37.5 Å². The Bertz CT molecular complexity index is 1960. The highest BCUT2D eigenvalue weighted by atomic mass is 31.2. The molecule has 0 aliphatic heterocycles. The molecule has 0 bridgehead atoms. The van der Waals surface area contributed by atoms with Crippen LogP contribution in [0.4, 0.5) is 0 Å². The van der Waals surface area contributed by atoms with E-state index in [9.17, 15) is 43.2 Å². The molecule has 3 N–H and O–H groups in total.